The average Bonchev–Trinajstić information content (AvgIpc) is 3.75. The minimum absolute atomic E-state index is 0.0705. The Morgan fingerprint density at radius 2 is 1.57 bits per heavy atom. The number of methoxy groups -OCH3 is 1. The summed E-state index contributed by atoms with van der Waals surface area (Å²) in [6.45, 7) is 10.4. The number of hydrogen-bond donors (Lipinski definition) is 0. The maximum atomic E-state index is 14.3. The average molecular weight is 704 g/mol. The second-order valence-corrected chi connectivity index (χ2v) is 14.7. The molecule has 0 radical (unpaired) electrons. The molecule has 4 aromatic carbocycles. The van der Waals surface area contributed by atoms with Crippen molar-refractivity contribution in [3.63, 3.8) is 0 Å². The van der Waals surface area contributed by atoms with Crippen molar-refractivity contribution in [1.29, 1.82) is 0 Å². The van der Waals surface area contributed by atoms with Gasteiger partial charge in [-0.1, -0.05) is 45.7 Å². The quantitative estimate of drug-likeness (QED) is 0.0579. The van der Waals surface area contributed by atoms with E-state index in [2.05, 4.69) is 37.8 Å². The molecule has 6 nitrogen and oxygen atoms in total. The zero-order chi connectivity index (χ0) is 35.7. The molecule has 1 unspecified atom stereocenters. The number of unbranched alkanes of at least 4 members (excludes halogenated alkanes) is 2. The Balaban J connectivity index is 1.27. The highest BCUT2D eigenvalue weighted by Crippen LogP contribution is 2.42. The predicted octanol–water partition coefficient (Wildman–Crippen LogP) is 10.4. The van der Waals surface area contributed by atoms with Crippen molar-refractivity contribution >= 4 is 33.2 Å². The fraction of sp³-hybridized carbons (Fsp3) is 0.364. The monoisotopic (exact) mass is 703 g/mol. The minimum atomic E-state index is -0.348. The van der Waals surface area contributed by atoms with Crippen LogP contribution in [0.4, 0.5) is 0 Å². The molecule has 1 saturated heterocycles. The Hall–Kier alpha value is -4.46. The Bertz CT molecular complexity index is 1950. The molecule has 2 heterocycles. The molecule has 7 heteroatoms. The molecule has 1 aliphatic heterocycles. The number of ketones is 1. The van der Waals surface area contributed by atoms with Gasteiger partial charge in [0.2, 0.25) is 0 Å². The van der Waals surface area contributed by atoms with E-state index < -0.39 is 0 Å². The van der Waals surface area contributed by atoms with E-state index >= 15 is 0 Å². The molecule has 6 rings (SSSR count). The lowest BCUT2D eigenvalue weighted by molar-refractivity contribution is 0.0733. The number of carbonyl (C=O) groups excluding carboxylic acids is 2. The SMILES string of the molecule is CCCCc1ccc(CCCC)c(C(=O)Oc2ccc3c(C(=O)c4ccc(OCCN5CCC(C)C5)cc4)c(-c4ccc(OC)cc4)sc3c2)c1. The number of benzene rings is 4. The van der Waals surface area contributed by atoms with E-state index in [0.717, 1.165) is 107 Å². The topological polar surface area (TPSA) is 65.1 Å². The van der Waals surface area contributed by atoms with Crippen molar-refractivity contribution in [3.8, 4) is 27.7 Å². The third kappa shape index (κ3) is 8.89. The fourth-order valence-corrected chi connectivity index (χ4v) is 8.01. The van der Waals surface area contributed by atoms with Crippen LogP contribution in [0.1, 0.15) is 90.3 Å². The smallest absolute Gasteiger partial charge is 0.343 e. The van der Waals surface area contributed by atoms with Crippen LogP contribution in [0.25, 0.3) is 20.5 Å². The molecule has 0 saturated carbocycles. The summed E-state index contributed by atoms with van der Waals surface area (Å²) in [5.74, 6) is 2.28. The highest BCUT2D eigenvalue weighted by molar-refractivity contribution is 7.22. The second kappa shape index (κ2) is 17.2. The number of ether oxygens (including phenoxy) is 3. The summed E-state index contributed by atoms with van der Waals surface area (Å²) >= 11 is 1.52. The van der Waals surface area contributed by atoms with Crippen molar-refractivity contribution in [1.82, 2.24) is 4.90 Å². The summed E-state index contributed by atoms with van der Waals surface area (Å²) in [6.07, 6.45) is 7.24. The van der Waals surface area contributed by atoms with Gasteiger partial charge in [0, 0.05) is 39.2 Å². The summed E-state index contributed by atoms with van der Waals surface area (Å²) in [5, 5.41) is 0.820. The Kier molecular flexibility index (Phi) is 12.2. The summed E-state index contributed by atoms with van der Waals surface area (Å²) < 4.78 is 18.4. The van der Waals surface area contributed by atoms with Crippen LogP contribution in [0.3, 0.4) is 0 Å². The lowest BCUT2D eigenvalue weighted by Crippen LogP contribution is -2.25. The van der Waals surface area contributed by atoms with Crippen LogP contribution in [0.5, 0.6) is 17.2 Å². The fourth-order valence-electron chi connectivity index (χ4n) is 6.78. The van der Waals surface area contributed by atoms with Crippen molar-refractivity contribution in [3.05, 3.63) is 113 Å². The van der Waals surface area contributed by atoms with Crippen LogP contribution < -0.4 is 14.2 Å². The minimum Gasteiger partial charge on any atom is -0.497 e. The van der Waals surface area contributed by atoms with E-state index in [4.69, 9.17) is 14.2 Å². The molecule has 0 bridgehead atoms. The maximum Gasteiger partial charge on any atom is 0.343 e. The zero-order valence-electron chi connectivity index (χ0n) is 30.3. The van der Waals surface area contributed by atoms with E-state index in [1.807, 2.05) is 66.7 Å². The van der Waals surface area contributed by atoms with E-state index in [1.54, 1.807) is 13.2 Å². The van der Waals surface area contributed by atoms with Crippen LogP contribution >= 0.6 is 11.3 Å². The predicted molar refractivity (Wildman–Crippen MR) is 208 cm³/mol. The Morgan fingerprint density at radius 1 is 0.843 bits per heavy atom. The summed E-state index contributed by atoms with van der Waals surface area (Å²) in [5.41, 5.74) is 4.94. The number of nitrogens with zero attached hydrogens (tertiary/aromatic N) is 1. The van der Waals surface area contributed by atoms with Crippen LogP contribution in [-0.4, -0.2) is 50.0 Å². The number of likely N-dealkylation sites (tertiary alicyclic amines) is 1. The number of aryl methyl sites for hydroxylation is 2. The first kappa shape index (κ1) is 36.3. The molecule has 1 fully saturated rings. The van der Waals surface area contributed by atoms with Gasteiger partial charge in [0.25, 0.3) is 0 Å². The number of carbonyl (C=O) groups is 2. The Morgan fingerprint density at radius 3 is 2.27 bits per heavy atom. The van der Waals surface area contributed by atoms with Crippen LogP contribution in [-0.2, 0) is 12.8 Å². The molecule has 0 spiro atoms. The van der Waals surface area contributed by atoms with E-state index in [1.165, 1.54) is 17.8 Å². The maximum absolute atomic E-state index is 14.3. The zero-order valence-corrected chi connectivity index (χ0v) is 31.2. The van der Waals surface area contributed by atoms with E-state index in [-0.39, 0.29) is 11.8 Å². The largest absolute Gasteiger partial charge is 0.497 e. The molecule has 51 heavy (non-hydrogen) atoms. The van der Waals surface area contributed by atoms with Gasteiger partial charge in [-0.05, 0) is 134 Å². The van der Waals surface area contributed by atoms with Gasteiger partial charge in [-0.15, -0.1) is 11.3 Å². The molecule has 1 aliphatic rings. The molecule has 1 aromatic heterocycles. The molecule has 0 aliphatic carbocycles. The van der Waals surface area contributed by atoms with Gasteiger partial charge in [-0.3, -0.25) is 9.69 Å². The van der Waals surface area contributed by atoms with E-state index in [0.29, 0.717) is 29.0 Å². The third-order valence-electron chi connectivity index (χ3n) is 9.76. The summed E-state index contributed by atoms with van der Waals surface area (Å²) in [6, 6.07) is 27.0. The lowest BCUT2D eigenvalue weighted by atomic mass is 9.97. The van der Waals surface area contributed by atoms with Crippen molar-refractivity contribution in [2.24, 2.45) is 5.92 Å². The first-order valence-corrected chi connectivity index (χ1v) is 19.2. The van der Waals surface area contributed by atoms with Crippen molar-refractivity contribution in [2.45, 2.75) is 65.7 Å². The van der Waals surface area contributed by atoms with E-state index in [9.17, 15) is 9.59 Å². The number of hydrogen-bond acceptors (Lipinski definition) is 7. The van der Waals surface area contributed by atoms with Crippen LogP contribution in [0.15, 0.2) is 84.9 Å². The number of rotatable bonds is 16. The number of esters is 1. The third-order valence-corrected chi connectivity index (χ3v) is 11.0. The summed E-state index contributed by atoms with van der Waals surface area (Å²) in [4.78, 5) is 31.3. The first-order valence-electron chi connectivity index (χ1n) is 18.4. The first-order chi connectivity index (χ1) is 24.9. The molecule has 0 N–H and O–H groups in total. The molecule has 0 amide bonds. The van der Waals surface area contributed by atoms with Gasteiger partial charge in [0.05, 0.1) is 12.7 Å². The lowest BCUT2D eigenvalue weighted by Gasteiger charge is -2.15. The van der Waals surface area contributed by atoms with Gasteiger partial charge >= 0.3 is 5.97 Å². The molecule has 266 valence electrons. The number of fused-ring (bicyclic) bond motifs is 1. The van der Waals surface area contributed by atoms with Crippen LogP contribution in [0, 0.1) is 5.92 Å². The molecular formula is C44H49NO5S. The van der Waals surface area contributed by atoms with Crippen LogP contribution in [0.2, 0.25) is 0 Å². The Labute approximate surface area is 306 Å². The standard InChI is InChI=1S/C44H49NO5S/c1-5-7-9-31-11-12-32(10-8-6-2)39(27-31)44(47)50-37-21-22-38-40(28-37)51-43(34-15-17-35(48-4)18-16-34)41(38)42(46)33-13-19-36(20-14-33)49-26-25-45-24-23-30(3)29-45/h11-22,27-28,30H,5-10,23-26,29H2,1-4H3. The molecular weight excluding hydrogens is 655 g/mol. The molecule has 1 atom stereocenters. The van der Waals surface area contributed by atoms with Crippen molar-refractivity contribution in [2.75, 3.05) is 33.4 Å². The van der Waals surface area contributed by atoms with Crippen molar-refractivity contribution < 1.29 is 23.8 Å². The van der Waals surface area contributed by atoms with Gasteiger partial charge in [0.15, 0.2) is 5.78 Å². The van der Waals surface area contributed by atoms with Gasteiger partial charge < -0.3 is 14.2 Å². The summed E-state index contributed by atoms with van der Waals surface area (Å²) in [7, 11) is 1.64. The van der Waals surface area contributed by atoms with Gasteiger partial charge in [-0.2, -0.15) is 0 Å². The highest BCUT2D eigenvalue weighted by Gasteiger charge is 2.23. The number of thiophene rings is 1. The highest BCUT2D eigenvalue weighted by atomic mass is 32.1. The van der Waals surface area contributed by atoms with Gasteiger partial charge in [-0.25, -0.2) is 4.79 Å². The van der Waals surface area contributed by atoms with Gasteiger partial charge in [0.1, 0.15) is 23.9 Å². The normalized spacial score (nSPS) is 14.5. The molecule has 5 aromatic rings. The second-order valence-electron chi connectivity index (χ2n) is 13.7.